The topological polar surface area (TPSA) is 66.6 Å². The Morgan fingerprint density at radius 3 is 2.42 bits per heavy atom. The van der Waals surface area contributed by atoms with Gasteiger partial charge in [0, 0.05) is 19.7 Å². The minimum atomic E-state index is -0.392. The molecule has 2 amide bonds. The molecule has 0 unspecified atom stereocenters. The molecule has 0 aliphatic rings. The van der Waals surface area contributed by atoms with Crippen molar-refractivity contribution >= 4 is 6.03 Å². The van der Waals surface area contributed by atoms with Crippen LogP contribution in [0.2, 0.25) is 0 Å². The molecule has 72 valence electrons. The molecule has 0 aliphatic heterocycles. The SMILES string of the molecule is CCCCN(CCCO)C(N)=O. The molecule has 0 aromatic carbocycles. The Kier molecular flexibility index (Phi) is 6.47. The molecule has 0 saturated carbocycles. The van der Waals surface area contributed by atoms with Gasteiger partial charge in [-0.2, -0.15) is 0 Å². The van der Waals surface area contributed by atoms with Crippen molar-refractivity contribution in [3.63, 3.8) is 0 Å². The zero-order valence-electron chi connectivity index (χ0n) is 7.62. The molecule has 0 atom stereocenters. The average Bonchev–Trinajstić information content (AvgIpc) is 2.04. The Hall–Kier alpha value is -0.770. The third kappa shape index (κ3) is 4.96. The number of carbonyl (C=O) groups excluding carboxylic acids is 1. The van der Waals surface area contributed by atoms with Gasteiger partial charge < -0.3 is 15.7 Å². The Morgan fingerprint density at radius 2 is 2.00 bits per heavy atom. The first-order valence-corrected chi connectivity index (χ1v) is 4.37. The summed E-state index contributed by atoms with van der Waals surface area (Å²) in [5, 5.41) is 8.54. The molecule has 0 spiro atoms. The predicted octanol–water partition coefficient (Wildman–Crippen LogP) is 0.550. The summed E-state index contributed by atoms with van der Waals surface area (Å²) in [6.45, 7) is 3.43. The number of aliphatic hydroxyl groups is 1. The van der Waals surface area contributed by atoms with Crippen molar-refractivity contribution in [2.45, 2.75) is 26.2 Å². The van der Waals surface area contributed by atoms with E-state index in [1.54, 1.807) is 4.90 Å². The molecule has 0 aromatic rings. The molecule has 4 heteroatoms. The number of hydrogen-bond acceptors (Lipinski definition) is 2. The van der Waals surface area contributed by atoms with E-state index in [1.807, 2.05) is 0 Å². The number of amides is 2. The third-order valence-electron chi connectivity index (χ3n) is 1.68. The maximum atomic E-state index is 10.8. The van der Waals surface area contributed by atoms with Gasteiger partial charge in [-0.3, -0.25) is 0 Å². The summed E-state index contributed by atoms with van der Waals surface area (Å²) in [5.74, 6) is 0. The summed E-state index contributed by atoms with van der Waals surface area (Å²) in [6.07, 6.45) is 2.62. The highest BCUT2D eigenvalue weighted by Crippen LogP contribution is 1.95. The van der Waals surface area contributed by atoms with E-state index >= 15 is 0 Å². The highest BCUT2D eigenvalue weighted by Gasteiger charge is 2.06. The molecule has 0 aromatic heterocycles. The van der Waals surface area contributed by atoms with Gasteiger partial charge in [0.2, 0.25) is 0 Å². The van der Waals surface area contributed by atoms with Crippen LogP contribution in [0.15, 0.2) is 0 Å². The van der Waals surface area contributed by atoms with Crippen LogP contribution in [0, 0.1) is 0 Å². The number of rotatable bonds is 6. The molecule has 4 nitrogen and oxygen atoms in total. The van der Waals surface area contributed by atoms with E-state index in [2.05, 4.69) is 6.92 Å². The highest BCUT2D eigenvalue weighted by molar-refractivity contribution is 5.71. The van der Waals surface area contributed by atoms with Gasteiger partial charge in [0.05, 0.1) is 0 Å². The molecule has 0 bridgehead atoms. The summed E-state index contributed by atoms with van der Waals surface area (Å²) in [7, 11) is 0. The number of unbranched alkanes of at least 4 members (excludes halogenated alkanes) is 1. The molecular weight excluding hydrogens is 156 g/mol. The van der Waals surface area contributed by atoms with E-state index in [1.165, 1.54) is 0 Å². The second-order valence-electron chi connectivity index (χ2n) is 2.76. The maximum Gasteiger partial charge on any atom is 0.314 e. The first kappa shape index (κ1) is 11.2. The van der Waals surface area contributed by atoms with E-state index in [-0.39, 0.29) is 6.61 Å². The lowest BCUT2D eigenvalue weighted by molar-refractivity contribution is 0.197. The second kappa shape index (κ2) is 6.91. The first-order chi connectivity index (χ1) is 5.72. The van der Waals surface area contributed by atoms with Gasteiger partial charge in [0.25, 0.3) is 0 Å². The summed E-state index contributed by atoms with van der Waals surface area (Å²) in [4.78, 5) is 12.3. The van der Waals surface area contributed by atoms with E-state index in [4.69, 9.17) is 10.8 Å². The van der Waals surface area contributed by atoms with E-state index in [9.17, 15) is 4.79 Å². The number of urea groups is 1. The van der Waals surface area contributed by atoms with Crippen molar-refractivity contribution in [2.75, 3.05) is 19.7 Å². The molecule has 0 heterocycles. The Morgan fingerprint density at radius 1 is 1.42 bits per heavy atom. The minimum absolute atomic E-state index is 0.107. The number of carbonyl (C=O) groups is 1. The van der Waals surface area contributed by atoms with Gasteiger partial charge >= 0.3 is 6.03 Å². The monoisotopic (exact) mass is 174 g/mol. The summed E-state index contributed by atoms with van der Waals surface area (Å²) < 4.78 is 0. The zero-order valence-corrected chi connectivity index (χ0v) is 7.62. The zero-order chi connectivity index (χ0) is 9.40. The number of aliphatic hydroxyl groups excluding tert-OH is 1. The number of nitrogens with two attached hydrogens (primary N) is 1. The van der Waals surface area contributed by atoms with Crippen molar-refractivity contribution in [1.29, 1.82) is 0 Å². The largest absolute Gasteiger partial charge is 0.396 e. The second-order valence-corrected chi connectivity index (χ2v) is 2.76. The van der Waals surface area contributed by atoms with E-state index in [0.717, 1.165) is 12.8 Å². The Bertz CT molecular complexity index is 120. The lowest BCUT2D eigenvalue weighted by Gasteiger charge is -2.19. The van der Waals surface area contributed by atoms with Crippen molar-refractivity contribution in [3.05, 3.63) is 0 Å². The smallest absolute Gasteiger partial charge is 0.314 e. The summed E-state index contributed by atoms with van der Waals surface area (Å²) in [5.41, 5.74) is 5.12. The molecule has 0 radical (unpaired) electrons. The standard InChI is InChI=1S/C8H18N2O2/c1-2-3-5-10(8(9)12)6-4-7-11/h11H,2-7H2,1H3,(H2,9,12). The van der Waals surface area contributed by atoms with Gasteiger partial charge in [-0.05, 0) is 12.8 Å². The van der Waals surface area contributed by atoms with Gasteiger partial charge in [-0.15, -0.1) is 0 Å². The number of nitrogens with zero attached hydrogens (tertiary/aromatic N) is 1. The van der Waals surface area contributed by atoms with Crippen LogP contribution in [-0.4, -0.2) is 35.7 Å². The molecule has 3 N–H and O–H groups in total. The summed E-state index contributed by atoms with van der Waals surface area (Å²) >= 11 is 0. The van der Waals surface area contributed by atoms with Crippen LogP contribution in [0.5, 0.6) is 0 Å². The normalized spacial score (nSPS) is 9.83. The van der Waals surface area contributed by atoms with Crippen LogP contribution in [-0.2, 0) is 0 Å². The van der Waals surface area contributed by atoms with Gasteiger partial charge in [-0.1, -0.05) is 13.3 Å². The molecule has 0 saturated heterocycles. The van der Waals surface area contributed by atoms with Crippen LogP contribution >= 0.6 is 0 Å². The molecule has 0 aliphatic carbocycles. The number of hydrogen-bond donors (Lipinski definition) is 2. The molecular formula is C8H18N2O2. The van der Waals surface area contributed by atoms with Crippen molar-refractivity contribution < 1.29 is 9.90 Å². The van der Waals surface area contributed by atoms with Crippen molar-refractivity contribution in [2.24, 2.45) is 5.73 Å². The fraction of sp³-hybridized carbons (Fsp3) is 0.875. The van der Waals surface area contributed by atoms with Crippen LogP contribution in [0.1, 0.15) is 26.2 Å². The lowest BCUT2D eigenvalue weighted by Crippen LogP contribution is -2.37. The van der Waals surface area contributed by atoms with E-state index < -0.39 is 6.03 Å². The van der Waals surface area contributed by atoms with Crippen molar-refractivity contribution in [1.82, 2.24) is 4.90 Å². The fourth-order valence-corrected chi connectivity index (χ4v) is 0.943. The first-order valence-electron chi connectivity index (χ1n) is 4.37. The molecule has 12 heavy (non-hydrogen) atoms. The molecule has 0 fully saturated rings. The van der Waals surface area contributed by atoms with Crippen molar-refractivity contribution in [3.8, 4) is 0 Å². The average molecular weight is 174 g/mol. The van der Waals surface area contributed by atoms with Gasteiger partial charge in [0.15, 0.2) is 0 Å². The Balaban J connectivity index is 3.62. The van der Waals surface area contributed by atoms with Crippen LogP contribution in [0.4, 0.5) is 4.79 Å². The number of primary amides is 1. The quantitative estimate of drug-likeness (QED) is 0.617. The molecule has 0 rings (SSSR count). The van der Waals surface area contributed by atoms with Crippen LogP contribution in [0.25, 0.3) is 0 Å². The third-order valence-corrected chi connectivity index (χ3v) is 1.68. The highest BCUT2D eigenvalue weighted by atomic mass is 16.3. The fourth-order valence-electron chi connectivity index (χ4n) is 0.943. The van der Waals surface area contributed by atoms with Crippen LogP contribution < -0.4 is 5.73 Å². The lowest BCUT2D eigenvalue weighted by atomic mass is 10.3. The Labute approximate surface area is 73.3 Å². The van der Waals surface area contributed by atoms with E-state index in [0.29, 0.717) is 19.5 Å². The summed E-state index contributed by atoms with van der Waals surface area (Å²) in [6, 6.07) is -0.392. The van der Waals surface area contributed by atoms with Gasteiger partial charge in [-0.25, -0.2) is 4.79 Å². The van der Waals surface area contributed by atoms with Gasteiger partial charge in [0.1, 0.15) is 0 Å². The minimum Gasteiger partial charge on any atom is -0.396 e. The van der Waals surface area contributed by atoms with Crippen LogP contribution in [0.3, 0.4) is 0 Å². The predicted molar refractivity (Wildman–Crippen MR) is 47.8 cm³/mol. The maximum absolute atomic E-state index is 10.8.